The van der Waals surface area contributed by atoms with Crippen LogP contribution in [0.2, 0.25) is 0 Å². The minimum Gasteiger partial charge on any atom is -0.496 e. The van der Waals surface area contributed by atoms with Crippen molar-refractivity contribution in [3.63, 3.8) is 0 Å². The first-order chi connectivity index (χ1) is 11.9. The summed E-state index contributed by atoms with van der Waals surface area (Å²) in [6, 6.07) is 7.69. The topological polar surface area (TPSA) is 85.8 Å². The number of hydrogen-bond acceptors (Lipinski definition) is 7. The molecule has 1 fully saturated rings. The van der Waals surface area contributed by atoms with Crippen molar-refractivity contribution in [1.29, 1.82) is 0 Å². The van der Waals surface area contributed by atoms with Crippen molar-refractivity contribution < 1.29 is 18.9 Å². The molecular weight excluding hydrogens is 364 g/mol. The molecule has 1 aliphatic heterocycles. The van der Waals surface area contributed by atoms with E-state index < -0.39 is 4.92 Å². The number of furan rings is 1. The van der Waals surface area contributed by atoms with E-state index in [2.05, 4.69) is 0 Å². The van der Waals surface area contributed by atoms with Crippen LogP contribution in [0.4, 0.5) is 5.69 Å². The van der Waals surface area contributed by atoms with Crippen molar-refractivity contribution >= 4 is 46.0 Å². The molecule has 128 valence electrons. The lowest BCUT2D eigenvalue weighted by Crippen LogP contribution is -2.22. The van der Waals surface area contributed by atoms with Crippen molar-refractivity contribution in [2.75, 3.05) is 14.2 Å². The van der Waals surface area contributed by atoms with Gasteiger partial charge in [-0.05, 0) is 18.2 Å². The maximum atomic E-state index is 12.0. The van der Waals surface area contributed by atoms with Gasteiger partial charge in [0.25, 0.3) is 11.6 Å². The van der Waals surface area contributed by atoms with E-state index in [1.807, 2.05) is 0 Å². The average molecular weight is 376 g/mol. The number of hydrogen-bond donors (Lipinski definition) is 0. The van der Waals surface area contributed by atoms with E-state index in [4.69, 9.17) is 21.4 Å². The van der Waals surface area contributed by atoms with Crippen LogP contribution in [0.1, 0.15) is 5.76 Å². The molecule has 3 rings (SSSR count). The molecular formula is C16H12N2O5S2. The number of carbonyl (C=O) groups excluding carboxylic acids is 1. The summed E-state index contributed by atoms with van der Waals surface area (Å²) in [4.78, 5) is 24.3. The number of ether oxygens (including phenoxy) is 1. The summed E-state index contributed by atoms with van der Waals surface area (Å²) in [5.74, 6) is 1.10. The third-order valence-electron chi connectivity index (χ3n) is 3.55. The molecule has 1 aromatic carbocycles. The zero-order valence-corrected chi connectivity index (χ0v) is 14.8. The molecule has 0 aliphatic carbocycles. The van der Waals surface area contributed by atoms with Crippen molar-refractivity contribution in [3.8, 4) is 17.1 Å². The van der Waals surface area contributed by atoms with Gasteiger partial charge in [-0.25, -0.2) is 0 Å². The molecule has 1 aromatic heterocycles. The summed E-state index contributed by atoms with van der Waals surface area (Å²) in [7, 11) is 3.05. The molecule has 0 unspecified atom stereocenters. The Morgan fingerprint density at radius 2 is 2.12 bits per heavy atom. The highest BCUT2D eigenvalue weighted by Gasteiger charge is 2.29. The summed E-state index contributed by atoms with van der Waals surface area (Å²) < 4.78 is 11.4. The lowest BCUT2D eigenvalue weighted by atomic mass is 10.1. The number of thioether (sulfide) groups is 1. The molecule has 0 saturated carbocycles. The molecule has 1 amide bonds. The highest BCUT2D eigenvalue weighted by Crippen LogP contribution is 2.36. The first-order valence-corrected chi connectivity index (χ1v) is 8.27. The van der Waals surface area contributed by atoms with Crippen LogP contribution in [-0.2, 0) is 4.79 Å². The van der Waals surface area contributed by atoms with E-state index in [9.17, 15) is 14.9 Å². The van der Waals surface area contributed by atoms with Crippen LogP contribution < -0.4 is 4.74 Å². The quantitative estimate of drug-likeness (QED) is 0.348. The number of rotatable bonds is 4. The van der Waals surface area contributed by atoms with Crippen molar-refractivity contribution in [2.24, 2.45) is 0 Å². The molecule has 1 aliphatic rings. The van der Waals surface area contributed by atoms with Crippen LogP contribution in [0.3, 0.4) is 0 Å². The molecule has 25 heavy (non-hydrogen) atoms. The number of thiocarbonyl (C=S) groups is 1. The monoisotopic (exact) mass is 376 g/mol. The molecule has 0 radical (unpaired) electrons. The van der Waals surface area contributed by atoms with Gasteiger partial charge in [-0.1, -0.05) is 24.0 Å². The second-order valence-corrected chi connectivity index (χ2v) is 6.76. The number of nitrogens with zero attached hydrogens (tertiary/aromatic N) is 2. The minimum atomic E-state index is -0.493. The fourth-order valence-corrected chi connectivity index (χ4v) is 3.41. The molecule has 0 N–H and O–H groups in total. The number of nitro benzene ring substituents is 1. The number of carbonyl (C=O) groups is 1. The van der Waals surface area contributed by atoms with Gasteiger partial charge in [-0.3, -0.25) is 19.8 Å². The molecule has 0 atom stereocenters. The smallest absolute Gasteiger partial charge is 0.273 e. The molecule has 1 saturated heterocycles. The van der Waals surface area contributed by atoms with Crippen LogP contribution in [0.15, 0.2) is 39.7 Å². The highest BCUT2D eigenvalue weighted by molar-refractivity contribution is 8.26. The van der Waals surface area contributed by atoms with Crippen molar-refractivity contribution in [2.45, 2.75) is 0 Å². The fraction of sp³-hybridized carbons (Fsp3) is 0.125. The molecule has 2 heterocycles. The predicted octanol–water partition coefficient (Wildman–Crippen LogP) is 3.69. The normalized spacial score (nSPS) is 15.9. The third kappa shape index (κ3) is 3.28. The van der Waals surface area contributed by atoms with Gasteiger partial charge in [0.15, 0.2) is 0 Å². The number of benzene rings is 1. The lowest BCUT2D eigenvalue weighted by Gasteiger charge is -2.05. The number of likely N-dealkylation sites (N-methyl/N-ethyl adjacent to an activating group) is 1. The van der Waals surface area contributed by atoms with Gasteiger partial charge in [0.05, 0.1) is 28.6 Å². The van der Waals surface area contributed by atoms with Gasteiger partial charge in [0, 0.05) is 19.2 Å². The van der Waals surface area contributed by atoms with Crippen molar-refractivity contribution in [3.05, 3.63) is 51.1 Å². The Balaban J connectivity index is 1.93. The molecule has 0 bridgehead atoms. The van der Waals surface area contributed by atoms with E-state index in [1.54, 1.807) is 31.3 Å². The van der Waals surface area contributed by atoms with Gasteiger partial charge in [-0.15, -0.1) is 0 Å². The second-order valence-electron chi connectivity index (χ2n) is 5.08. The van der Waals surface area contributed by atoms with Gasteiger partial charge in [0.2, 0.25) is 0 Å². The zero-order chi connectivity index (χ0) is 18.1. The van der Waals surface area contributed by atoms with E-state index >= 15 is 0 Å². The maximum Gasteiger partial charge on any atom is 0.273 e. The van der Waals surface area contributed by atoms with E-state index in [0.29, 0.717) is 32.1 Å². The number of amides is 1. The van der Waals surface area contributed by atoms with Crippen LogP contribution >= 0.6 is 24.0 Å². The Kier molecular flexibility index (Phi) is 4.60. The highest BCUT2D eigenvalue weighted by atomic mass is 32.2. The fourth-order valence-electron chi connectivity index (χ4n) is 2.25. The standard InChI is InChI=1S/C16H12N2O5S2/c1-17-15(19)14(25-16(17)24)8-10-4-6-12(23-10)11-5-3-9(18(20)21)7-13(11)22-2/h3-8H,1-2H3. The van der Waals surface area contributed by atoms with Gasteiger partial charge in [0.1, 0.15) is 21.6 Å². The summed E-state index contributed by atoms with van der Waals surface area (Å²) in [5.41, 5.74) is 0.509. The Labute approximate surface area is 152 Å². The van der Waals surface area contributed by atoms with Crippen LogP contribution in [-0.4, -0.2) is 34.2 Å². The summed E-state index contributed by atoms with van der Waals surface area (Å²) in [5, 5.41) is 10.9. The average Bonchev–Trinajstić information content (AvgIpc) is 3.15. The van der Waals surface area contributed by atoms with E-state index in [-0.39, 0.29) is 11.6 Å². The molecule has 7 nitrogen and oxygen atoms in total. The number of non-ortho nitro benzene ring substituents is 1. The Hall–Kier alpha value is -2.65. The lowest BCUT2D eigenvalue weighted by molar-refractivity contribution is -0.384. The SMILES string of the molecule is COc1cc([N+](=O)[O-])ccc1-c1ccc(C=C2SC(=S)N(C)C2=O)o1. The zero-order valence-electron chi connectivity index (χ0n) is 13.2. The number of nitro groups is 1. The van der Waals surface area contributed by atoms with Gasteiger partial charge in [-0.2, -0.15) is 0 Å². The summed E-state index contributed by atoms with van der Waals surface area (Å²) >= 11 is 6.29. The summed E-state index contributed by atoms with van der Waals surface area (Å²) in [6.07, 6.45) is 1.62. The van der Waals surface area contributed by atoms with Crippen molar-refractivity contribution in [1.82, 2.24) is 4.90 Å². The molecule has 2 aromatic rings. The van der Waals surface area contributed by atoms with Crippen LogP contribution in [0.25, 0.3) is 17.4 Å². The largest absolute Gasteiger partial charge is 0.496 e. The third-order valence-corrected chi connectivity index (χ3v) is 5.03. The van der Waals surface area contributed by atoms with E-state index in [1.165, 1.54) is 35.9 Å². The minimum absolute atomic E-state index is 0.0704. The van der Waals surface area contributed by atoms with Crippen LogP contribution in [0, 0.1) is 10.1 Å². The predicted molar refractivity (Wildman–Crippen MR) is 98.3 cm³/mol. The van der Waals surface area contributed by atoms with Gasteiger partial charge >= 0.3 is 0 Å². The molecule has 9 heteroatoms. The summed E-state index contributed by atoms with van der Waals surface area (Å²) in [6.45, 7) is 0. The Morgan fingerprint density at radius 1 is 1.36 bits per heavy atom. The second kappa shape index (κ2) is 6.69. The van der Waals surface area contributed by atoms with E-state index in [0.717, 1.165) is 0 Å². The number of methoxy groups -OCH3 is 1. The maximum absolute atomic E-state index is 12.0. The Bertz CT molecular complexity index is 919. The first kappa shape index (κ1) is 17.2. The Morgan fingerprint density at radius 3 is 2.72 bits per heavy atom. The first-order valence-electron chi connectivity index (χ1n) is 7.05. The van der Waals surface area contributed by atoms with Crippen LogP contribution in [0.5, 0.6) is 5.75 Å². The van der Waals surface area contributed by atoms with Gasteiger partial charge < -0.3 is 9.15 Å². The molecule has 0 spiro atoms.